The van der Waals surface area contributed by atoms with Gasteiger partial charge in [0.05, 0.1) is 29.5 Å². The SMILES string of the molecule is CSc1c2sc(C3=C(C(=O)O)N4C(=O)[C@H]([C@@H](C)O)[C@H]4[C@H]3C)cn2c[n+]1CCS[C@@H]1CN[C@H](CO)C1. The van der Waals surface area contributed by atoms with Crippen LogP contribution >= 0.6 is 34.9 Å². The highest BCUT2D eigenvalue weighted by molar-refractivity contribution is 8.00. The number of aliphatic hydroxyl groups excluding tert-OH is 2. The third kappa shape index (κ3) is 4.11. The topological polar surface area (TPSA) is 118 Å². The van der Waals surface area contributed by atoms with Crippen molar-refractivity contribution in [3.63, 3.8) is 0 Å². The molecule has 0 unspecified atom stereocenters. The molecule has 9 nitrogen and oxygen atoms in total. The minimum Gasteiger partial charge on any atom is -0.477 e. The zero-order chi connectivity index (χ0) is 25.0. The second kappa shape index (κ2) is 9.71. The third-order valence-corrected chi connectivity index (χ3v) is 10.7. The highest BCUT2D eigenvalue weighted by Gasteiger charge is 2.60. The number of nitrogens with zero attached hydrogens (tertiary/aromatic N) is 3. The molecule has 0 saturated carbocycles. The van der Waals surface area contributed by atoms with E-state index in [2.05, 4.69) is 20.6 Å². The summed E-state index contributed by atoms with van der Waals surface area (Å²) in [5.74, 6) is -1.18. The van der Waals surface area contributed by atoms with E-state index in [9.17, 15) is 24.9 Å². The number of hydrogen-bond donors (Lipinski definition) is 4. The van der Waals surface area contributed by atoms with E-state index >= 15 is 0 Å². The van der Waals surface area contributed by atoms with Crippen molar-refractivity contribution in [2.24, 2.45) is 11.8 Å². The Morgan fingerprint density at radius 1 is 1.43 bits per heavy atom. The molecule has 2 saturated heterocycles. The lowest BCUT2D eigenvalue weighted by Crippen LogP contribution is -2.63. The molecule has 0 spiro atoms. The van der Waals surface area contributed by atoms with Gasteiger partial charge in [0.2, 0.25) is 15.8 Å². The summed E-state index contributed by atoms with van der Waals surface area (Å²) in [5, 5.41) is 34.4. The van der Waals surface area contributed by atoms with Gasteiger partial charge in [0.25, 0.3) is 6.33 Å². The summed E-state index contributed by atoms with van der Waals surface area (Å²) in [7, 11) is 0. The van der Waals surface area contributed by atoms with Crippen LogP contribution < -0.4 is 9.88 Å². The van der Waals surface area contributed by atoms with Gasteiger partial charge in [-0.1, -0.05) is 30.0 Å². The second-order valence-electron chi connectivity index (χ2n) is 9.46. The zero-order valence-corrected chi connectivity index (χ0v) is 22.3. The molecule has 12 heteroatoms. The second-order valence-corrected chi connectivity index (χ2v) is 12.7. The Hall–Kier alpha value is -1.57. The van der Waals surface area contributed by atoms with E-state index in [0.717, 1.165) is 40.0 Å². The van der Waals surface area contributed by atoms with Crippen LogP contribution in [0.3, 0.4) is 0 Å². The molecule has 2 aromatic rings. The predicted molar refractivity (Wildman–Crippen MR) is 137 cm³/mol. The van der Waals surface area contributed by atoms with Crippen LogP contribution in [0, 0.1) is 11.8 Å². The normalized spacial score (nSPS) is 29.2. The summed E-state index contributed by atoms with van der Waals surface area (Å²) in [6.45, 7) is 5.53. The van der Waals surface area contributed by atoms with Crippen LogP contribution in [-0.2, 0) is 16.1 Å². The highest BCUT2D eigenvalue weighted by Crippen LogP contribution is 2.51. The number of aliphatic hydroxyl groups is 2. The molecule has 35 heavy (non-hydrogen) atoms. The van der Waals surface area contributed by atoms with Gasteiger partial charge in [0.1, 0.15) is 18.4 Å². The van der Waals surface area contributed by atoms with Gasteiger partial charge in [0.15, 0.2) is 0 Å². The van der Waals surface area contributed by atoms with E-state index in [0.29, 0.717) is 10.8 Å². The summed E-state index contributed by atoms with van der Waals surface area (Å²) in [5.41, 5.74) is 0.726. The third-order valence-electron chi connectivity index (χ3n) is 7.33. The maximum absolute atomic E-state index is 12.7. The van der Waals surface area contributed by atoms with Crippen LogP contribution in [0.2, 0.25) is 0 Å². The number of imidazole rings is 1. The number of nitrogens with one attached hydrogen (secondary N) is 1. The highest BCUT2D eigenvalue weighted by atomic mass is 32.2. The van der Waals surface area contributed by atoms with E-state index in [1.807, 2.05) is 31.1 Å². The quantitative estimate of drug-likeness (QED) is 0.213. The number of aliphatic carboxylic acids is 1. The number of thiazole rings is 1. The molecule has 6 atom stereocenters. The summed E-state index contributed by atoms with van der Waals surface area (Å²) < 4.78 is 4.29. The molecule has 2 fully saturated rings. The van der Waals surface area contributed by atoms with Gasteiger partial charge < -0.3 is 25.5 Å². The average molecular weight is 540 g/mol. The smallest absolute Gasteiger partial charge is 0.352 e. The number of fused-ring (bicyclic) bond motifs is 2. The van der Waals surface area contributed by atoms with Gasteiger partial charge in [-0.25, -0.2) is 9.36 Å². The number of rotatable bonds is 9. The molecule has 0 aromatic carbocycles. The molecule has 3 aliphatic heterocycles. The average Bonchev–Trinajstić information content (AvgIpc) is 3.54. The standard InChI is InChI=1S/C23H30N4O5S3/c1-11-16(19(23(31)32)27-18(11)17(12(2)29)20(27)30)15-8-26-10-25(21(33-3)22(26)35-15)4-5-34-14-6-13(9-28)24-7-14/h8,10-14,17-18,24,28-29H,4-7,9H2,1-3H3/p+1/t11-,12+,13-,14-,17+,18+/m0/s1. The lowest BCUT2D eigenvalue weighted by atomic mass is 9.77. The summed E-state index contributed by atoms with van der Waals surface area (Å²) in [4.78, 5) is 28.1. The minimum atomic E-state index is -1.10. The Morgan fingerprint density at radius 3 is 2.83 bits per heavy atom. The van der Waals surface area contributed by atoms with Crippen LogP contribution in [0.1, 0.15) is 25.1 Å². The molecule has 190 valence electrons. The molecule has 5 heterocycles. The van der Waals surface area contributed by atoms with Crippen molar-refractivity contribution in [1.82, 2.24) is 14.6 Å². The zero-order valence-electron chi connectivity index (χ0n) is 19.9. The lowest BCUT2D eigenvalue weighted by Gasteiger charge is -2.46. The number of carbonyl (C=O) groups excluding carboxylic acids is 1. The van der Waals surface area contributed by atoms with Crippen LogP contribution in [-0.4, -0.2) is 85.1 Å². The van der Waals surface area contributed by atoms with Crippen molar-refractivity contribution in [3.8, 4) is 0 Å². The van der Waals surface area contributed by atoms with Gasteiger partial charge >= 0.3 is 5.97 Å². The number of β-lactam (4-membered cyclic amide) rings is 1. The van der Waals surface area contributed by atoms with E-state index < -0.39 is 18.0 Å². The van der Waals surface area contributed by atoms with Gasteiger partial charge in [0, 0.05) is 35.1 Å². The first-order chi connectivity index (χ1) is 16.8. The Kier molecular flexibility index (Phi) is 6.96. The van der Waals surface area contributed by atoms with Crippen molar-refractivity contribution in [2.75, 3.05) is 25.2 Å². The van der Waals surface area contributed by atoms with Crippen molar-refractivity contribution in [2.45, 2.75) is 55.3 Å². The molecule has 5 rings (SSSR count). The first kappa shape index (κ1) is 25.1. The Bertz CT molecular complexity index is 1190. The molecule has 2 aromatic heterocycles. The summed E-state index contributed by atoms with van der Waals surface area (Å²) in [6.07, 6.45) is 6.26. The van der Waals surface area contributed by atoms with Gasteiger partial charge in [-0.3, -0.25) is 4.79 Å². The number of amides is 1. The minimum absolute atomic E-state index is 0.0511. The molecule has 3 aliphatic rings. The van der Waals surface area contributed by atoms with Gasteiger partial charge in [-0.2, -0.15) is 16.2 Å². The number of carboxylic acids is 1. The number of carbonyl (C=O) groups is 2. The van der Waals surface area contributed by atoms with Gasteiger partial charge in [-0.15, -0.1) is 0 Å². The van der Waals surface area contributed by atoms with Crippen LogP contribution in [0.15, 0.2) is 23.2 Å². The molecule has 0 bridgehead atoms. The Labute approximate surface area is 216 Å². The maximum Gasteiger partial charge on any atom is 0.352 e. The number of aromatic nitrogens is 2. The molecular formula is C23H31N4O5S3+. The summed E-state index contributed by atoms with van der Waals surface area (Å²) >= 11 is 5.15. The lowest BCUT2D eigenvalue weighted by molar-refractivity contribution is -0.725. The van der Waals surface area contributed by atoms with Crippen molar-refractivity contribution >= 4 is 57.1 Å². The van der Waals surface area contributed by atoms with E-state index in [-0.39, 0.29) is 36.2 Å². The van der Waals surface area contributed by atoms with E-state index in [1.54, 1.807) is 30.0 Å². The van der Waals surface area contributed by atoms with Gasteiger partial charge in [-0.05, 0) is 19.6 Å². The van der Waals surface area contributed by atoms with Crippen LogP contribution in [0.5, 0.6) is 0 Å². The molecule has 0 radical (unpaired) electrons. The Balaban J connectivity index is 1.39. The monoisotopic (exact) mass is 539 g/mol. The number of hydrogen-bond acceptors (Lipinski definition) is 8. The number of thioether (sulfide) groups is 2. The van der Waals surface area contributed by atoms with Crippen molar-refractivity contribution in [1.29, 1.82) is 0 Å². The fourth-order valence-electron chi connectivity index (χ4n) is 5.68. The Morgan fingerprint density at radius 2 is 2.20 bits per heavy atom. The molecular weight excluding hydrogens is 508 g/mol. The summed E-state index contributed by atoms with van der Waals surface area (Å²) in [6, 6.07) is -0.108. The molecule has 1 amide bonds. The van der Waals surface area contributed by atoms with Crippen molar-refractivity contribution in [3.05, 3.63) is 23.1 Å². The molecule has 4 N–H and O–H groups in total. The van der Waals surface area contributed by atoms with Crippen LogP contribution in [0.25, 0.3) is 10.4 Å². The number of carboxylic acid groups (broad SMARTS) is 1. The number of aryl methyl sites for hydroxylation is 1. The molecule has 0 aliphatic carbocycles. The van der Waals surface area contributed by atoms with E-state index in [1.165, 1.54) is 4.90 Å². The maximum atomic E-state index is 12.7. The predicted octanol–water partition coefficient (Wildman–Crippen LogP) is 1.12. The first-order valence-electron chi connectivity index (χ1n) is 11.8. The fraction of sp³-hybridized carbons (Fsp3) is 0.609. The van der Waals surface area contributed by atoms with E-state index in [4.69, 9.17) is 0 Å². The van der Waals surface area contributed by atoms with Crippen molar-refractivity contribution < 1.29 is 29.5 Å². The first-order valence-corrected chi connectivity index (χ1v) is 14.9. The fourth-order valence-corrected chi connectivity index (χ4v) is 9.10. The van der Waals surface area contributed by atoms with Crippen LogP contribution in [0.4, 0.5) is 0 Å². The largest absolute Gasteiger partial charge is 0.477 e.